The largest absolute Gasteiger partial charge is 0.305 e. The molecule has 1 N–H and O–H groups in total. The normalized spacial score (nSPS) is 12.6. The van der Waals surface area contributed by atoms with Crippen molar-refractivity contribution >= 4 is 34.8 Å². The van der Waals surface area contributed by atoms with E-state index in [0.717, 1.165) is 30.8 Å². The van der Waals surface area contributed by atoms with Crippen LogP contribution in [0.15, 0.2) is 24.4 Å². The van der Waals surface area contributed by atoms with Crippen molar-refractivity contribution in [2.45, 2.75) is 32.9 Å². The molecule has 2 aromatic rings. The Bertz CT molecular complexity index is 610. The lowest BCUT2D eigenvalue weighted by Gasteiger charge is -2.21. The van der Waals surface area contributed by atoms with E-state index in [1.54, 1.807) is 12.3 Å². The first-order valence-corrected chi connectivity index (χ1v) is 8.11. The summed E-state index contributed by atoms with van der Waals surface area (Å²) in [6.45, 7) is 5.80. The predicted octanol–water partition coefficient (Wildman–Crippen LogP) is 4.95. The number of hydrogen-bond donors (Lipinski definition) is 1. The lowest BCUT2D eigenvalue weighted by molar-refractivity contribution is 0.520. The molecule has 1 aromatic carbocycles. The molecule has 0 saturated carbocycles. The molecule has 1 unspecified atom stereocenters. The third kappa shape index (κ3) is 3.72. The van der Waals surface area contributed by atoms with Gasteiger partial charge in [-0.2, -0.15) is 5.10 Å². The number of nitrogens with zero attached hydrogens (tertiary/aromatic N) is 2. The minimum absolute atomic E-state index is 0.0636. The maximum Gasteiger partial charge on any atom is 0.0837 e. The molecular weight excluding hydrogens is 329 g/mol. The Morgan fingerprint density at radius 3 is 2.52 bits per heavy atom. The summed E-state index contributed by atoms with van der Waals surface area (Å²) in [7, 11) is 0. The minimum atomic E-state index is -0.0636. The minimum Gasteiger partial charge on any atom is -0.305 e. The van der Waals surface area contributed by atoms with Crippen LogP contribution in [0.4, 0.5) is 0 Å². The molecule has 0 amide bonds. The SMILES string of the molecule is CCCn1ncc(Cl)c1C(NCC)c1ccc(Cl)c(Cl)c1. The van der Waals surface area contributed by atoms with Gasteiger partial charge in [0.25, 0.3) is 0 Å². The lowest BCUT2D eigenvalue weighted by atomic mass is 10.0. The molecule has 0 radical (unpaired) electrons. The summed E-state index contributed by atoms with van der Waals surface area (Å²) in [6, 6.07) is 5.57. The van der Waals surface area contributed by atoms with Crippen LogP contribution in [0.5, 0.6) is 0 Å². The van der Waals surface area contributed by atoms with Crippen LogP contribution in [-0.2, 0) is 6.54 Å². The highest BCUT2D eigenvalue weighted by Crippen LogP contribution is 2.32. The standard InChI is InChI=1S/C15H18Cl3N3/c1-3-7-21-15(13(18)9-20-21)14(19-4-2)10-5-6-11(16)12(17)8-10/h5-6,8-9,14,19H,3-4,7H2,1-2H3. The molecular formula is C15H18Cl3N3. The number of benzene rings is 1. The molecule has 0 aliphatic heterocycles. The summed E-state index contributed by atoms with van der Waals surface area (Å²) in [5.41, 5.74) is 1.98. The number of aromatic nitrogens is 2. The zero-order valence-corrected chi connectivity index (χ0v) is 14.3. The van der Waals surface area contributed by atoms with Gasteiger partial charge in [0.1, 0.15) is 0 Å². The van der Waals surface area contributed by atoms with Gasteiger partial charge in [-0.15, -0.1) is 0 Å². The molecule has 3 nitrogen and oxygen atoms in total. The summed E-state index contributed by atoms with van der Waals surface area (Å²) in [4.78, 5) is 0. The van der Waals surface area contributed by atoms with Crippen molar-refractivity contribution in [2.75, 3.05) is 6.54 Å². The van der Waals surface area contributed by atoms with Crippen molar-refractivity contribution in [1.82, 2.24) is 15.1 Å². The Hall–Kier alpha value is -0.740. The van der Waals surface area contributed by atoms with Crippen LogP contribution in [0.2, 0.25) is 15.1 Å². The van der Waals surface area contributed by atoms with Crippen LogP contribution in [0.1, 0.15) is 37.6 Å². The van der Waals surface area contributed by atoms with Crippen molar-refractivity contribution in [1.29, 1.82) is 0 Å². The summed E-state index contributed by atoms with van der Waals surface area (Å²) >= 11 is 18.5. The van der Waals surface area contributed by atoms with Gasteiger partial charge >= 0.3 is 0 Å². The Labute approximate surface area is 140 Å². The number of rotatable bonds is 6. The number of hydrogen-bond acceptors (Lipinski definition) is 2. The fourth-order valence-corrected chi connectivity index (χ4v) is 2.87. The molecule has 0 aliphatic rings. The Morgan fingerprint density at radius 1 is 1.14 bits per heavy atom. The lowest BCUT2D eigenvalue weighted by Crippen LogP contribution is -2.25. The summed E-state index contributed by atoms with van der Waals surface area (Å²) in [6.07, 6.45) is 2.68. The van der Waals surface area contributed by atoms with Crippen LogP contribution in [0, 0.1) is 0 Å². The van der Waals surface area contributed by atoms with E-state index in [-0.39, 0.29) is 6.04 Å². The second-order valence-electron chi connectivity index (χ2n) is 4.77. The highest BCUT2D eigenvalue weighted by Gasteiger charge is 2.22. The summed E-state index contributed by atoms with van der Waals surface area (Å²) in [5, 5.41) is 9.54. The molecule has 0 fully saturated rings. The number of nitrogens with one attached hydrogen (secondary N) is 1. The van der Waals surface area contributed by atoms with E-state index in [9.17, 15) is 0 Å². The van der Waals surface area contributed by atoms with Crippen molar-refractivity contribution in [3.63, 3.8) is 0 Å². The maximum absolute atomic E-state index is 6.35. The molecule has 1 aromatic heterocycles. The second kappa shape index (κ2) is 7.50. The average Bonchev–Trinajstić information content (AvgIpc) is 2.81. The first-order valence-electron chi connectivity index (χ1n) is 6.98. The molecule has 0 spiro atoms. The van der Waals surface area contributed by atoms with Crippen LogP contribution in [0.25, 0.3) is 0 Å². The first-order chi connectivity index (χ1) is 10.1. The van der Waals surface area contributed by atoms with Gasteiger partial charge in [0.2, 0.25) is 0 Å². The zero-order chi connectivity index (χ0) is 15.4. The van der Waals surface area contributed by atoms with E-state index in [2.05, 4.69) is 24.3 Å². The van der Waals surface area contributed by atoms with E-state index in [0.29, 0.717) is 15.1 Å². The predicted molar refractivity (Wildman–Crippen MR) is 89.5 cm³/mol. The van der Waals surface area contributed by atoms with Crippen molar-refractivity contribution < 1.29 is 0 Å². The van der Waals surface area contributed by atoms with Crippen LogP contribution in [0.3, 0.4) is 0 Å². The van der Waals surface area contributed by atoms with Crippen molar-refractivity contribution in [3.05, 3.63) is 50.7 Å². The van der Waals surface area contributed by atoms with Crippen LogP contribution < -0.4 is 5.32 Å². The molecule has 0 aliphatic carbocycles. The maximum atomic E-state index is 6.35. The van der Waals surface area contributed by atoms with E-state index in [1.165, 1.54) is 0 Å². The molecule has 0 saturated heterocycles. The third-order valence-corrected chi connectivity index (χ3v) is 4.26. The molecule has 1 heterocycles. The van der Waals surface area contributed by atoms with Gasteiger partial charge in [-0.05, 0) is 30.7 Å². The van der Waals surface area contributed by atoms with Gasteiger partial charge in [-0.3, -0.25) is 4.68 Å². The quantitative estimate of drug-likeness (QED) is 0.802. The van der Waals surface area contributed by atoms with Gasteiger partial charge in [-0.25, -0.2) is 0 Å². The van der Waals surface area contributed by atoms with Crippen LogP contribution >= 0.6 is 34.8 Å². The highest BCUT2D eigenvalue weighted by molar-refractivity contribution is 6.42. The smallest absolute Gasteiger partial charge is 0.0837 e. The second-order valence-corrected chi connectivity index (χ2v) is 5.99. The van der Waals surface area contributed by atoms with E-state index >= 15 is 0 Å². The van der Waals surface area contributed by atoms with Gasteiger partial charge < -0.3 is 5.32 Å². The van der Waals surface area contributed by atoms with Gasteiger partial charge in [-0.1, -0.05) is 54.7 Å². The fraction of sp³-hybridized carbons (Fsp3) is 0.400. The van der Waals surface area contributed by atoms with E-state index in [1.807, 2.05) is 16.8 Å². The number of aryl methyl sites for hydroxylation is 1. The molecule has 21 heavy (non-hydrogen) atoms. The van der Waals surface area contributed by atoms with E-state index < -0.39 is 0 Å². The topological polar surface area (TPSA) is 29.9 Å². The third-order valence-electron chi connectivity index (χ3n) is 3.23. The van der Waals surface area contributed by atoms with Crippen LogP contribution in [-0.4, -0.2) is 16.3 Å². The number of halogens is 3. The molecule has 2 rings (SSSR count). The average molecular weight is 347 g/mol. The first kappa shape index (κ1) is 16.6. The molecule has 114 valence electrons. The monoisotopic (exact) mass is 345 g/mol. The van der Waals surface area contributed by atoms with Gasteiger partial charge in [0.15, 0.2) is 0 Å². The van der Waals surface area contributed by atoms with Crippen molar-refractivity contribution in [2.24, 2.45) is 0 Å². The van der Waals surface area contributed by atoms with E-state index in [4.69, 9.17) is 34.8 Å². The fourth-order valence-electron chi connectivity index (χ4n) is 2.32. The van der Waals surface area contributed by atoms with Gasteiger partial charge in [0, 0.05) is 6.54 Å². The molecule has 0 bridgehead atoms. The summed E-state index contributed by atoms with van der Waals surface area (Å²) < 4.78 is 1.94. The Morgan fingerprint density at radius 2 is 1.90 bits per heavy atom. The van der Waals surface area contributed by atoms with Gasteiger partial charge in [0.05, 0.1) is 33.0 Å². The summed E-state index contributed by atoms with van der Waals surface area (Å²) in [5.74, 6) is 0. The van der Waals surface area contributed by atoms with Crippen molar-refractivity contribution in [3.8, 4) is 0 Å². The highest BCUT2D eigenvalue weighted by atomic mass is 35.5. The molecule has 1 atom stereocenters. The Kier molecular flexibility index (Phi) is 5.94. The molecule has 6 heteroatoms. The zero-order valence-electron chi connectivity index (χ0n) is 12.0. The Balaban J connectivity index is 2.47.